The predicted octanol–water partition coefficient (Wildman–Crippen LogP) is 6.28. The third-order valence-corrected chi connectivity index (χ3v) is 8.21. The Morgan fingerprint density at radius 3 is 2.76 bits per heavy atom. The summed E-state index contributed by atoms with van der Waals surface area (Å²) in [6.07, 6.45) is 8.11. The maximum absolute atomic E-state index is 14.9. The number of phenols is 1. The minimum Gasteiger partial charge on any atom is -0.508 e. The molecule has 2 atom stereocenters. The van der Waals surface area contributed by atoms with E-state index >= 15 is 0 Å². The minimum atomic E-state index is -2.08. The number of benzene rings is 2. The summed E-state index contributed by atoms with van der Waals surface area (Å²) < 4.78 is 39.4. The van der Waals surface area contributed by atoms with Gasteiger partial charge < -0.3 is 14.7 Å². The van der Waals surface area contributed by atoms with Gasteiger partial charge in [-0.1, -0.05) is 46.1 Å². The van der Waals surface area contributed by atoms with Crippen LogP contribution in [0.25, 0.3) is 27.4 Å². The van der Waals surface area contributed by atoms with E-state index in [0.29, 0.717) is 40.3 Å². The monoisotopic (exact) mass is 563 g/mol. The Morgan fingerprint density at radius 1 is 1.22 bits per heavy atom. The number of halogens is 1. The second-order valence-electron chi connectivity index (χ2n) is 10.9. The Kier molecular flexibility index (Phi) is 8.03. The Labute approximate surface area is 243 Å². The molecule has 0 saturated carbocycles. The van der Waals surface area contributed by atoms with Crippen LogP contribution in [-0.2, 0) is 6.42 Å². The molecule has 218 valence electrons. The number of aromatic hydroxyl groups is 1. The van der Waals surface area contributed by atoms with Gasteiger partial charge >= 0.3 is 6.01 Å². The van der Waals surface area contributed by atoms with E-state index < -0.39 is 24.0 Å². The van der Waals surface area contributed by atoms with Crippen LogP contribution in [0.3, 0.4) is 0 Å². The number of phenolic OH excluding ortho intramolecular Hbond substituents is 1. The summed E-state index contributed by atoms with van der Waals surface area (Å²) in [6, 6.07) is 5.17. The molecule has 2 aromatic carbocycles. The zero-order valence-electron chi connectivity index (χ0n) is 26.3. The standard InChI is InChI=1S/C32H40FN5O3/c1-5-8-9-11-20(6-2)29-25-18-34-38(27-17-23(39)16-21-13-14-26(33)24(7-3)28(21)27)31(40)30(25)36-32(35-29)41-19-22-12-10-15-37(22)4/h13-14,16-18,20,22,39H,5-12,15,19H2,1-4H3/t20?,22-/m0/s1/i19D2. The molecule has 1 aliphatic heterocycles. The van der Waals surface area contributed by atoms with E-state index in [4.69, 9.17) is 12.5 Å². The second-order valence-corrected chi connectivity index (χ2v) is 10.9. The lowest BCUT2D eigenvalue weighted by Crippen LogP contribution is -2.31. The predicted molar refractivity (Wildman–Crippen MR) is 160 cm³/mol. The van der Waals surface area contributed by atoms with Crippen LogP contribution < -0.4 is 10.3 Å². The molecular formula is C32H40FN5O3. The number of likely N-dealkylation sites (N-methyl/N-ethyl adjacent to an activating group) is 1. The lowest BCUT2D eigenvalue weighted by atomic mass is 9.93. The number of hydrogen-bond acceptors (Lipinski definition) is 7. The number of unbranched alkanes of at least 4 members (excludes halogenated alkanes) is 2. The first-order valence-corrected chi connectivity index (χ1v) is 14.7. The summed E-state index contributed by atoms with van der Waals surface area (Å²) in [4.78, 5) is 25.3. The van der Waals surface area contributed by atoms with Gasteiger partial charge in [-0.15, -0.1) is 0 Å². The molecule has 1 aliphatic rings. The third-order valence-electron chi connectivity index (χ3n) is 8.21. The van der Waals surface area contributed by atoms with Crippen molar-refractivity contribution in [1.29, 1.82) is 0 Å². The van der Waals surface area contributed by atoms with Crippen molar-refractivity contribution < 1.29 is 17.0 Å². The summed E-state index contributed by atoms with van der Waals surface area (Å²) in [7, 11) is 1.86. The number of likely N-dealkylation sites (tertiary alicyclic amines) is 1. The first-order valence-electron chi connectivity index (χ1n) is 15.7. The molecule has 2 aromatic heterocycles. The van der Waals surface area contributed by atoms with Gasteiger partial charge in [0.2, 0.25) is 0 Å². The fraction of sp³-hybridized carbons (Fsp3) is 0.500. The van der Waals surface area contributed by atoms with Crippen LogP contribution in [0.2, 0.25) is 0 Å². The maximum Gasteiger partial charge on any atom is 0.317 e. The SMILES string of the molecule is [2H]C([2H])(Oc1nc(C(CC)CCCCC)c2cnn(-c3cc(O)cc4ccc(F)c(CC)c34)c(=O)c2n1)[C@@H]1CCCN1C. The summed E-state index contributed by atoms with van der Waals surface area (Å²) in [6.45, 7) is 4.71. The molecule has 8 nitrogen and oxygen atoms in total. The highest BCUT2D eigenvalue weighted by atomic mass is 19.1. The van der Waals surface area contributed by atoms with E-state index in [1.54, 1.807) is 12.3 Å². The molecule has 1 unspecified atom stereocenters. The molecule has 9 heteroatoms. The number of hydrogen-bond donors (Lipinski definition) is 1. The van der Waals surface area contributed by atoms with Crippen LogP contribution in [0.5, 0.6) is 11.8 Å². The Bertz CT molecular complexity index is 1700. The lowest BCUT2D eigenvalue weighted by molar-refractivity contribution is 0.187. The average molecular weight is 564 g/mol. The van der Waals surface area contributed by atoms with Crippen molar-refractivity contribution >= 4 is 21.7 Å². The van der Waals surface area contributed by atoms with Gasteiger partial charge in [0.25, 0.3) is 5.56 Å². The molecule has 41 heavy (non-hydrogen) atoms. The quantitative estimate of drug-likeness (QED) is 0.215. The highest BCUT2D eigenvalue weighted by Crippen LogP contribution is 2.33. The Hall–Kier alpha value is -3.59. The fourth-order valence-corrected chi connectivity index (χ4v) is 5.90. The number of aryl methyl sites for hydroxylation is 1. The van der Waals surface area contributed by atoms with Crippen LogP contribution in [0.15, 0.2) is 35.3 Å². The van der Waals surface area contributed by atoms with Gasteiger partial charge in [0.05, 0.1) is 20.3 Å². The van der Waals surface area contributed by atoms with Crippen molar-refractivity contribution in [1.82, 2.24) is 24.6 Å². The molecule has 0 spiro atoms. The molecule has 1 N–H and O–H groups in total. The van der Waals surface area contributed by atoms with Gasteiger partial charge in [-0.05, 0) is 68.8 Å². The van der Waals surface area contributed by atoms with E-state index in [-0.39, 0.29) is 28.9 Å². The van der Waals surface area contributed by atoms with E-state index in [9.17, 15) is 14.3 Å². The molecule has 5 rings (SSSR count). The fourth-order valence-electron chi connectivity index (χ4n) is 5.90. The van der Waals surface area contributed by atoms with E-state index in [2.05, 4.69) is 23.9 Å². The first-order chi connectivity index (χ1) is 20.6. The number of aromatic nitrogens is 4. The summed E-state index contributed by atoms with van der Waals surface area (Å²) in [5.74, 6) is -0.514. The van der Waals surface area contributed by atoms with Crippen molar-refractivity contribution in [3.05, 3.63) is 57.9 Å². The Balaban J connectivity index is 1.73. The van der Waals surface area contributed by atoms with Gasteiger partial charge in [-0.25, -0.2) is 4.39 Å². The largest absolute Gasteiger partial charge is 0.508 e. The molecule has 0 aliphatic carbocycles. The second kappa shape index (κ2) is 12.5. The van der Waals surface area contributed by atoms with Crippen LogP contribution in [0.4, 0.5) is 4.39 Å². The first kappa shape index (κ1) is 26.3. The maximum atomic E-state index is 14.9. The molecular weight excluding hydrogens is 521 g/mol. The zero-order valence-corrected chi connectivity index (χ0v) is 24.3. The van der Waals surface area contributed by atoms with Crippen molar-refractivity contribution in [2.45, 2.75) is 84.1 Å². The van der Waals surface area contributed by atoms with Gasteiger partial charge in [0.15, 0.2) is 0 Å². The van der Waals surface area contributed by atoms with Gasteiger partial charge in [-0.2, -0.15) is 19.7 Å². The summed E-state index contributed by atoms with van der Waals surface area (Å²) in [5.41, 5.74) is 0.687. The lowest BCUT2D eigenvalue weighted by Gasteiger charge is -2.21. The molecule has 0 bridgehead atoms. The topological polar surface area (TPSA) is 93.4 Å². The highest BCUT2D eigenvalue weighted by Gasteiger charge is 2.25. The van der Waals surface area contributed by atoms with E-state index in [0.717, 1.165) is 49.8 Å². The van der Waals surface area contributed by atoms with E-state index in [1.807, 2.05) is 18.9 Å². The number of ether oxygens (including phenoxy) is 1. The van der Waals surface area contributed by atoms with Crippen LogP contribution >= 0.6 is 0 Å². The van der Waals surface area contributed by atoms with Crippen LogP contribution in [0, 0.1) is 5.82 Å². The highest BCUT2D eigenvalue weighted by molar-refractivity contribution is 5.95. The molecule has 0 amide bonds. The van der Waals surface area contributed by atoms with Crippen molar-refractivity contribution in [2.24, 2.45) is 0 Å². The molecule has 3 heterocycles. The third kappa shape index (κ3) is 5.77. The molecule has 4 aromatic rings. The van der Waals surface area contributed by atoms with Crippen molar-refractivity contribution in [3.63, 3.8) is 0 Å². The Morgan fingerprint density at radius 2 is 2.05 bits per heavy atom. The van der Waals surface area contributed by atoms with E-state index in [1.165, 1.54) is 18.2 Å². The summed E-state index contributed by atoms with van der Waals surface area (Å²) in [5, 5.41) is 16.5. The van der Waals surface area contributed by atoms with Gasteiger partial charge in [0.1, 0.15) is 23.6 Å². The molecule has 1 fully saturated rings. The molecule has 1 saturated heterocycles. The summed E-state index contributed by atoms with van der Waals surface area (Å²) >= 11 is 0. The molecule has 0 radical (unpaired) electrons. The number of fused-ring (bicyclic) bond motifs is 2. The smallest absolute Gasteiger partial charge is 0.317 e. The normalized spacial score (nSPS) is 17.6. The van der Waals surface area contributed by atoms with Crippen LogP contribution in [0.1, 0.15) is 85.6 Å². The van der Waals surface area contributed by atoms with Gasteiger partial charge in [0, 0.05) is 28.8 Å². The number of nitrogens with zero attached hydrogens (tertiary/aromatic N) is 5. The van der Waals surface area contributed by atoms with Crippen molar-refractivity contribution in [2.75, 3.05) is 20.2 Å². The average Bonchev–Trinajstić information content (AvgIpc) is 3.42. The van der Waals surface area contributed by atoms with Crippen molar-refractivity contribution in [3.8, 4) is 17.4 Å². The minimum absolute atomic E-state index is 0.0149. The number of rotatable bonds is 11. The van der Waals surface area contributed by atoms with Crippen LogP contribution in [-0.4, -0.2) is 55.9 Å². The van der Waals surface area contributed by atoms with Gasteiger partial charge in [-0.3, -0.25) is 4.79 Å². The zero-order chi connectivity index (χ0) is 30.9.